The average molecular weight is 613 g/mol. The van der Waals surface area contributed by atoms with Crippen LogP contribution in [0.3, 0.4) is 0 Å². The number of fused-ring (bicyclic) bond motifs is 1. The lowest BCUT2D eigenvalue weighted by Crippen LogP contribution is -2.41. The molecule has 0 radical (unpaired) electrons. The number of ether oxygens (including phenoxy) is 4. The fourth-order valence-electron chi connectivity index (χ4n) is 4.75. The predicted octanol–water partition coefficient (Wildman–Crippen LogP) is 6.03. The molecule has 9 nitrogen and oxygen atoms in total. The van der Waals surface area contributed by atoms with Crippen LogP contribution in [-0.4, -0.2) is 52.4 Å². The highest BCUT2D eigenvalue weighted by Crippen LogP contribution is 2.37. The molecular formula is C32H24N2O7S2. The van der Waals surface area contributed by atoms with Crippen molar-refractivity contribution < 1.29 is 33.3 Å². The van der Waals surface area contributed by atoms with Gasteiger partial charge in [0.1, 0.15) is 17.4 Å². The molecule has 1 aliphatic rings. The first kappa shape index (κ1) is 28.4. The van der Waals surface area contributed by atoms with E-state index < -0.39 is 42.4 Å². The van der Waals surface area contributed by atoms with Gasteiger partial charge in [-0.3, -0.25) is 0 Å². The van der Waals surface area contributed by atoms with Crippen molar-refractivity contribution in [3.05, 3.63) is 130 Å². The topological polar surface area (TPSA) is 106 Å². The maximum absolute atomic E-state index is 13.3. The second-order valence-electron chi connectivity index (χ2n) is 9.60. The van der Waals surface area contributed by atoms with E-state index >= 15 is 0 Å². The van der Waals surface area contributed by atoms with Crippen molar-refractivity contribution >= 4 is 51.7 Å². The molecule has 0 saturated carbocycles. The molecule has 11 heteroatoms. The summed E-state index contributed by atoms with van der Waals surface area (Å²) in [5.41, 5.74) is 3.34. The molecule has 0 amide bonds. The summed E-state index contributed by atoms with van der Waals surface area (Å²) in [6, 6.07) is 27.1. The summed E-state index contributed by atoms with van der Waals surface area (Å²) in [5.74, 6) is -1.88. The van der Waals surface area contributed by atoms with Crippen molar-refractivity contribution in [2.75, 3.05) is 6.61 Å². The van der Waals surface area contributed by atoms with E-state index in [0.29, 0.717) is 26.8 Å². The van der Waals surface area contributed by atoms with E-state index in [1.165, 1.54) is 11.3 Å². The molecule has 0 N–H and O–H groups in total. The molecule has 3 heterocycles. The Bertz CT molecular complexity index is 1810. The Kier molecular flexibility index (Phi) is 8.36. The van der Waals surface area contributed by atoms with Crippen LogP contribution in [-0.2, 0) is 18.9 Å². The van der Waals surface area contributed by atoms with Crippen LogP contribution >= 0.6 is 23.6 Å². The SMILES string of the molecule is O=C(OC[C@H]1O[C@@H](n2ccc3ncsc3c2=S)C(OC(=O)c2ccccc2)C1OC(=O)c1ccccc1)c1ccccc1. The van der Waals surface area contributed by atoms with Crippen LogP contribution in [0, 0.1) is 4.64 Å². The summed E-state index contributed by atoms with van der Waals surface area (Å²) >= 11 is 7.14. The molecule has 6 rings (SSSR count). The van der Waals surface area contributed by atoms with Crippen LogP contribution in [0.5, 0.6) is 0 Å². The van der Waals surface area contributed by atoms with Gasteiger partial charge in [-0.15, -0.1) is 11.3 Å². The summed E-state index contributed by atoms with van der Waals surface area (Å²) in [7, 11) is 0. The minimum Gasteiger partial charge on any atom is -0.459 e. The highest BCUT2D eigenvalue weighted by atomic mass is 32.1. The standard InChI is InChI=1S/C32H24N2O7S2/c35-30(20-10-4-1-5-11-20)38-18-24-25(40-31(36)21-12-6-2-7-13-21)26(41-32(37)22-14-8-3-9-15-22)28(39-24)34-17-16-23-27(29(34)42)43-19-33-23/h1-17,19,24-26,28H,18H2/t24-,25?,26?,28-/m1/s1. The lowest BCUT2D eigenvalue weighted by Gasteiger charge is -2.25. The number of rotatable bonds is 8. The van der Waals surface area contributed by atoms with Crippen molar-refractivity contribution in [1.29, 1.82) is 0 Å². The van der Waals surface area contributed by atoms with E-state index in [1.807, 2.05) is 0 Å². The van der Waals surface area contributed by atoms with Crippen molar-refractivity contribution in [3.63, 3.8) is 0 Å². The molecule has 0 bridgehead atoms. The van der Waals surface area contributed by atoms with Gasteiger partial charge in [0, 0.05) is 6.20 Å². The number of esters is 3. The van der Waals surface area contributed by atoms with Gasteiger partial charge >= 0.3 is 17.9 Å². The monoisotopic (exact) mass is 612 g/mol. The van der Waals surface area contributed by atoms with Gasteiger partial charge in [-0.25, -0.2) is 19.4 Å². The largest absolute Gasteiger partial charge is 0.459 e. The number of hydrogen-bond donors (Lipinski definition) is 0. The number of aromatic nitrogens is 2. The van der Waals surface area contributed by atoms with Crippen LogP contribution in [0.4, 0.5) is 0 Å². The molecule has 3 aromatic carbocycles. The van der Waals surface area contributed by atoms with Gasteiger partial charge in [0.2, 0.25) is 0 Å². The summed E-state index contributed by atoms with van der Waals surface area (Å²) < 4.78 is 26.8. The van der Waals surface area contributed by atoms with Gasteiger partial charge in [-0.2, -0.15) is 0 Å². The number of hydrogen-bond acceptors (Lipinski definition) is 10. The Hall–Kier alpha value is -4.71. The highest BCUT2D eigenvalue weighted by molar-refractivity contribution is 7.71. The lowest BCUT2D eigenvalue weighted by molar-refractivity contribution is -0.0625. The van der Waals surface area contributed by atoms with Gasteiger partial charge in [0.05, 0.1) is 32.4 Å². The second-order valence-corrected chi connectivity index (χ2v) is 10.8. The van der Waals surface area contributed by atoms with Gasteiger partial charge in [-0.05, 0) is 42.5 Å². The Morgan fingerprint density at radius 2 is 1.30 bits per heavy atom. The molecule has 1 fully saturated rings. The van der Waals surface area contributed by atoms with Crippen LogP contribution < -0.4 is 0 Å². The molecule has 4 atom stereocenters. The number of thiazole rings is 1. The first-order valence-corrected chi connectivity index (χ1v) is 14.6. The van der Waals surface area contributed by atoms with Crippen LogP contribution in [0.25, 0.3) is 10.2 Å². The molecule has 2 aromatic heterocycles. The third kappa shape index (κ3) is 6.09. The molecule has 43 heavy (non-hydrogen) atoms. The Morgan fingerprint density at radius 3 is 1.88 bits per heavy atom. The minimum absolute atomic E-state index is 0.285. The summed E-state index contributed by atoms with van der Waals surface area (Å²) in [6.07, 6.45) is -2.64. The van der Waals surface area contributed by atoms with Crippen molar-refractivity contribution in [2.24, 2.45) is 0 Å². The number of carbonyl (C=O) groups is 3. The summed E-state index contributed by atoms with van der Waals surface area (Å²) in [4.78, 5) is 43.8. The van der Waals surface area contributed by atoms with Crippen LogP contribution in [0.1, 0.15) is 37.3 Å². The van der Waals surface area contributed by atoms with E-state index in [-0.39, 0.29) is 6.61 Å². The van der Waals surface area contributed by atoms with Crippen LogP contribution in [0.15, 0.2) is 109 Å². The lowest BCUT2D eigenvalue weighted by atomic mass is 10.1. The van der Waals surface area contributed by atoms with Crippen molar-refractivity contribution in [1.82, 2.24) is 9.55 Å². The molecule has 216 valence electrons. The Labute approximate surface area is 255 Å². The van der Waals surface area contributed by atoms with E-state index in [4.69, 9.17) is 31.2 Å². The number of carbonyl (C=O) groups excluding carboxylic acids is 3. The van der Waals surface area contributed by atoms with Gasteiger partial charge in [-0.1, -0.05) is 66.8 Å². The zero-order valence-electron chi connectivity index (χ0n) is 22.5. The smallest absolute Gasteiger partial charge is 0.338 e. The molecular weight excluding hydrogens is 588 g/mol. The minimum atomic E-state index is -1.16. The first-order valence-electron chi connectivity index (χ1n) is 13.3. The first-order chi connectivity index (χ1) is 21.0. The summed E-state index contributed by atoms with van der Waals surface area (Å²) in [5, 5.41) is 0. The van der Waals surface area contributed by atoms with Gasteiger partial charge in [0.15, 0.2) is 18.4 Å². The van der Waals surface area contributed by atoms with Crippen LogP contribution in [0.2, 0.25) is 0 Å². The number of pyridine rings is 1. The van der Waals surface area contributed by atoms with Gasteiger partial charge < -0.3 is 23.5 Å². The molecule has 0 aliphatic carbocycles. The molecule has 2 unspecified atom stereocenters. The second kappa shape index (κ2) is 12.7. The van der Waals surface area contributed by atoms with E-state index in [2.05, 4.69) is 4.98 Å². The highest BCUT2D eigenvalue weighted by Gasteiger charge is 2.51. The maximum atomic E-state index is 13.3. The number of benzene rings is 3. The Morgan fingerprint density at radius 1 is 0.767 bits per heavy atom. The quantitative estimate of drug-likeness (QED) is 0.118. The normalized spacial score (nSPS) is 19.5. The fourth-order valence-corrected chi connectivity index (χ4v) is 5.88. The molecule has 1 aliphatic heterocycles. The fraction of sp³-hybridized carbons (Fsp3) is 0.156. The zero-order valence-corrected chi connectivity index (χ0v) is 24.1. The number of nitrogens with zero attached hydrogens (tertiary/aromatic N) is 2. The molecule has 1 saturated heterocycles. The van der Waals surface area contributed by atoms with Crippen molar-refractivity contribution in [3.8, 4) is 0 Å². The average Bonchev–Trinajstić information content (AvgIpc) is 3.67. The Balaban J connectivity index is 1.37. The van der Waals surface area contributed by atoms with Crippen molar-refractivity contribution in [2.45, 2.75) is 24.5 Å². The maximum Gasteiger partial charge on any atom is 0.338 e. The third-order valence-corrected chi connectivity index (χ3v) is 8.26. The predicted molar refractivity (Wildman–Crippen MR) is 160 cm³/mol. The van der Waals surface area contributed by atoms with Gasteiger partial charge in [0.25, 0.3) is 0 Å². The summed E-state index contributed by atoms with van der Waals surface area (Å²) in [6.45, 7) is -0.285. The third-order valence-electron chi connectivity index (χ3n) is 6.87. The van der Waals surface area contributed by atoms with E-state index in [0.717, 1.165) is 4.70 Å². The zero-order chi connectivity index (χ0) is 29.8. The van der Waals surface area contributed by atoms with E-state index in [1.54, 1.807) is 113 Å². The molecule has 0 spiro atoms. The molecule has 5 aromatic rings. The van der Waals surface area contributed by atoms with E-state index in [9.17, 15) is 14.4 Å².